The lowest BCUT2D eigenvalue weighted by molar-refractivity contribution is 0.951. The topological polar surface area (TPSA) is 82.7 Å². The molecule has 0 radical (unpaired) electrons. The van der Waals surface area contributed by atoms with Crippen molar-refractivity contribution in [2.75, 3.05) is 0 Å². The van der Waals surface area contributed by atoms with E-state index in [0.717, 1.165) is 26.6 Å². The lowest BCUT2D eigenvalue weighted by atomic mass is 10.1. The minimum absolute atomic E-state index is 0.427. The largest absolute Gasteiger partial charge is 0.285 e. The fraction of sp³-hybridized carbons (Fsp3) is 0. The SMILES string of the molecule is N#Cc1cnn2cc(-c3cn[nH]c3)cc(Sc3cccc(Cl)n3)c12. The van der Waals surface area contributed by atoms with Crippen LogP contribution in [0.25, 0.3) is 16.6 Å². The van der Waals surface area contributed by atoms with Crippen LogP contribution in [0.2, 0.25) is 5.15 Å². The van der Waals surface area contributed by atoms with Crippen molar-refractivity contribution in [1.82, 2.24) is 24.8 Å². The van der Waals surface area contributed by atoms with Crippen LogP contribution in [0, 0.1) is 11.3 Å². The Labute approximate surface area is 146 Å². The number of hydrogen-bond acceptors (Lipinski definition) is 5. The third kappa shape index (κ3) is 2.62. The molecule has 24 heavy (non-hydrogen) atoms. The van der Waals surface area contributed by atoms with Crippen molar-refractivity contribution < 1.29 is 0 Å². The summed E-state index contributed by atoms with van der Waals surface area (Å²) in [4.78, 5) is 5.18. The van der Waals surface area contributed by atoms with Crippen molar-refractivity contribution >= 4 is 28.9 Å². The molecule has 4 heterocycles. The Balaban J connectivity index is 1.90. The number of aromatic nitrogens is 5. The van der Waals surface area contributed by atoms with Gasteiger partial charge in [0.1, 0.15) is 16.2 Å². The van der Waals surface area contributed by atoms with Crippen molar-refractivity contribution in [2.24, 2.45) is 0 Å². The fourth-order valence-electron chi connectivity index (χ4n) is 2.37. The molecule has 0 aliphatic rings. The number of nitrogens with zero attached hydrogens (tertiary/aromatic N) is 5. The highest BCUT2D eigenvalue weighted by Crippen LogP contribution is 2.35. The number of aromatic amines is 1. The highest BCUT2D eigenvalue weighted by Gasteiger charge is 2.14. The van der Waals surface area contributed by atoms with Gasteiger partial charge in [-0.15, -0.1) is 0 Å². The fourth-order valence-corrected chi connectivity index (χ4v) is 3.59. The third-order valence-electron chi connectivity index (χ3n) is 3.43. The molecule has 8 heteroatoms. The molecule has 4 rings (SSSR count). The van der Waals surface area contributed by atoms with E-state index in [9.17, 15) is 5.26 Å². The van der Waals surface area contributed by atoms with E-state index in [-0.39, 0.29) is 0 Å². The van der Waals surface area contributed by atoms with Crippen LogP contribution in [-0.4, -0.2) is 24.8 Å². The quantitative estimate of drug-likeness (QED) is 0.567. The first-order valence-corrected chi connectivity index (χ1v) is 8.15. The lowest BCUT2D eigenvalue weighted by Gasteiger charge is -2.07. The number of H-pyrrole nitrogens is 1. The van der Waals surface area contributed by atoms with Gasteiger partial charge in [0.25, 0.3) is 0 Å². The minimum atomic E-state index is 0.427. The summed E-state index contributed by atoms with van der Waals surface area (Å²) in [6.45, 7) is 0. The highest BCUT2D eigenvalue weighted by molar-refractivity contribution is 7.99. The van der Waals surface area contributed by atoms with E-state index in [4.69, 9.17) is 11.6 Å². The van der Waals surface area contributed by atoms with E-state index in [0.29, 0.717) is 10.7 Å². The molecule has 0 unspecified atom stereocenters. The van der Waals surface area contributed by atoms with E-state index in [1.54, 1.807) is 23.0 Å². The number of rotatable bonds is 3. The van der Waals surface area contributed by atoms with Crippen molar-refractivity contribution in [1.29, 1.82) is 5.26 Å². The van der Waals surface area contributed by atoms with E-state index < -0.39 is 0 Å². The molecule has 0 aromatic carbocycles. The summed E-state index contributed by atoms with van der Waals surface area (Å²) < 4.78 is 1.70. The Hall–Kier alpha value is -2.82. The van der Waals surface area contributed by atoms with E-state index in [1.807, 2.05) is 30.6 Å². The van der Waals surface area contributed by atoms with E-state index in [1.165, 1.54) is 11.8 Å². The van der Waals surface area contributed by atoms with E-state index >= 15 is 0 Å². The molecule has 0 aliphatic heterocycles. The first kappa shape index (κ1) is 14.8. The minimum Gasteiger partial charge on any atom is -0.285 e. The number of nitriles is 1. The van der Waals surface area contributed by atoms with Crippen LogP contribution >= 0.6 is 23.4 Å². The molecule has 6 nitrogen and oxygen atoms in total. The van der Waals surface area contributed by atoms with Crippen molar-refractivity contribution in [3.63, 3.8) is 0 Å². The van der Waals surface area contributed by atoms with Crippen LogP contribution in [0.4, 0.5) is 0 Å². The summed E-state index contributed by atoms with van der Waals surface area (Å²) in [5, 5.41) is 21.6. The molecule has 0 saturated heterocycles. The number of halogens is 1. The standard InChI is InChI=1S/C16H9ClN6S/c17-14-2-1-3-15(22-14)24-13-4-10(12-6-19-20-7-12)9-23-16(13)11(5-18)8-21-23/h1-4,6-9H,(H,19,20). The molecular weight excluding hydrogens is 344 g/mol. The zero-order valence-corrected chi connectivity index (χ0v) is 13.7. The Bertz CT molecular complexity index is 1060. The van der Waals surface area contributed by atoms with Gasteiger partial charge < -0.3 is 0 Å². The Morgan fingerprint density at radius 3 is 2.92 bits per heavy atom. The summed E-state index contributed by atoms with van der Waals surface area (Å²) >= 11 is 7.41. The van der Waals surface area contributed by atoms with Crippen molar-refractivity contribution in [3.05, 3.63) is 59.8 Å². The summed E-state index contributed by atoms with van der Waals surface area (Å²) in [6, 6.07) is 9.62. The zero-order chi connectivity index (χ0) is 16.5. The van der Waals surface area contributed by atoms with Crippen molar-refractivity contribution in [3.8, 4) is 17.2 Å². The van der Waals surface area contributed by atoms with Crippen LogP contribution < -0.4 is 0 Å². The molecule has 0 bridgehead atoms. The van der Waals surface area contributed by atoms with Crippen molar-refractivity contribution in [2.45, 2.75) is 9.92 Å². The maximum atomic E-state index is 9.35. The van der Waals surface area contributed by atoms with Gasteiger partial charge in [0.2, 0.25) is 0 Å². The van der Waals surface area contributed by atoms with Gasteiger partial charge in [-0.2, -0.15) is 15.5 Å². The molecule has 0 saturated carbocycles. The van der Waals surface area contributed by atoms with Gasteiger partial charge in [-0.1, -0.05) is 29.4 Å². The Morgan fingerprint density at radius 2 is 2.17 bits per heavy atom. The molecule has 0 amide bonds. The Kier molecular flexibility index (Phi) is 3.69. The number of pyridine rings is 2. The number of hydrogen-bond donors (Lipinski definition) is 1. The second-order valence-corrected chi connectivity index (χ2v) is 6.39. The van der Waals surface area contributed by atoms with Gasteiger partial charge in [0, 0.05) is 28.4 Å². The molecule has 1 N–H and O–H groups in total. The monoisotopic (exact) mass is 352 g/mol. The zero-order valence-electron chi connectivity index (χ0n) is 12.1. The predicted molar refractivity (Wildman–Crippen MR) is 90.9 cm³/mol. The molecule has 4 aromatic heterocycles. The van der Waals surface area contributed by atoms with Gasteiger partial charge in [0.05, 0.1) is 23.5 Å². The molecule has 116 valence electrons. The molecule has 0 spiro atoms. The van der Waals surface area contributed by atoms with Crippen LogP contribution in [-0.2, 0) is 0 Å². The average Bonchev–Trinajstić information content (AvgIpc) is 3.24. The summed E-state index contributed by atoms with van der Waals surface area (Å²) in [5.74, 6) is 0. The van der Waals surface area contributed by atoms with Crippen LogP contribution in [0.1, 0.15) is 5.56 Å². The van der Waals surface area contributed by atoms with Crippen LogP contribution in [0.15, 0.2) is 59.0 Å². The first-order chi connectivity index (χ1) is 11.7. The molecule has 4 aromatic rings. The Morgan fingerprint density at radius 1 is 1.25 bits per heavy atom. The summed E-state index contributed by atoms with van der Waals surface area (Å²) in [7, 11) is 0. The lowest BCUT2D eigenvalue weighted by Crippen LogP contribution is -1.92. The third-order valence-corrected chi connectivity index (χ3v) is 4.61. The highest BCUT2D eigenvalue weighted by atomic mass is 35.5. The molecule has 0 aliphatic carbocycles. The summed E-state index contributed by atoms with van der Waals surface area (Å²) in [6.07, 6.45) is 6.98. The average molecular weight is 353 g/mol. The maximum absolute atomic E-state index is 9.35. The van der Waals surface area contributed by atoms with Gasteiger partial charge in [0.15, 0.2) is 0 Å². The van der Waals surface area contributed by atoms with Gasteiger partial charge in [-0.3, -0.25) is 5.10 Å². The van der Waals surface area contributed by atoms with E-state index in [2.05, 4.69) is 26.3 Å². The van der Waals surface area contributed by atoms with Crippen LogP contribution in [0.3, 0.4) is 0 Å². The predicted octanol–water partition coefficient (Wildman–Crippen LogP) is 3.80. The number of nitrogens with one attached hydrogen (secondary N) is 1. The maximum Gasteiger partial charge on any atom is 0.130 e. The second kappa shape index (κ2) is 6.00. The molecule has 0 atom stereocenters. The number of fused-ring (bicyclic) bond motifs is 1. The molecule has 0 fully saturated rings. The molecular formula is C16H9ClN6S. The second-order valence-electron chi connectivity index (χ2n) is 4.94. The normalized spacial score (nSPS) is 10.8. The van der Waals surface area contributed by atoms with Gasteiger partial charge in [-0.05, 0) is 18.2 Å². The van der Waals surface area contributed by atoms with Crippen LogP contribution in [0.5, 0.6) is 0 Å². The summed E-state index contributed by atoms with van der Waals surface area (Å²) in [5.41, 5.74) is 3.13. The first-order valence-electron chi connectivity index (χ1n) is 6.95. The van der Waals surface area contributed by atoms with Gasteiger partial charge >= 0.3 is 0 Å². The van der Waals surface area contributed by atoms with Gasteiger partial charge in [-0.25, -0.2) is 9.50 Å². The smallest absolute Gasteiger partial charge is 0.130 e.